The number of anilines is 1. The van der Waals surface area contributed by atoms with Crippen LogP contribution in [0, 0.1) is 0 Å². The largest absolute Gasteiger partial charge is 0.368 e. The van der Waals surface area contributed by atoms with Crippen LogP contribution in [0.5, 0.6) is 0 Å². The molecule has 11 heavy (non-hydrogen) atoms. The third-order valence-corrected chi connectivity index (χ3v) is 2.43. The summed E-state index contributed by atoms with van der Waals surface area (Å²) in [6.07, 6.45) is 0. The van der Waals surface area contributed by atoms with Gasteiger partial charge in [-0.1, -0.05) is 34.3 Å². The summed E-state index contributed by atoms with van der Waals surface area (Å²) in [6, 6.07) is 0. The Balaban J connectivity index is 2.45. The lowest BCUT2D eigenvalue weighted by Crippen LogP contribution is -1.85. The van der Waals surface area contributed by atoms with E-state index in [1.165, 1.54) is 11.8 Å². The molecule has 1 rings (SSSR count). The van der Waals surface area contributed by atoms with Crippen LogP contribution in [0.15, 0.2) is 16.2 Å². The van der Waals surface area contributed by atoms with Crippen molar-refractivity contribution in [1.29, 1.82) is 0 Å². The van der Waals surface area contributed by atoms with E-state index in [0.29, 0.717) is 11.1 Å². The van der Waals surface area contributed by atoms with Crippen LogP contribution < -0.4 is 5.73 Å². The van der Waals surface area contributed by atoms with Gasteiger partial charge in [0.2, 0.25) is 11.1 Å². The molecule has 4 nitrogen and oxygen atoms in total. The van der Waals surface area contributed by atoms with Crippen LogP contribution in [-0.4, -0.2) is 20.9 Å². The van der Waals surface area contributed by atoms with E-state index in [-0.39, 0.29) is 0 Å². The van der Waals surface area contributed by atoms with Crippen LogP contribution in [0.4, 0.5) is 5.95 Å². The van der Waals surface area contributed by atoms with E-state index in [4.69, 9.17) is 5.73 Å². The fourth-order valence-corrected chi connectivity index (χ4v) is 1.37. The van der Waals surface area contributed by atoms with E-state index >= 15 is 0 Å². The highest BCUT2D eigenvalue weighted by molar-refractivity contribution is 9.11. The van der Waals surface area contributed by atoms with Crippen molar-refractivity contribution in [3.05, 3.63) is 11.1 Å². The fraction of sp³-hybridized carbons (Fsp3) is 0.200. The van der Waals surface area contributed by atoms with Gasteiger partial charge in [-0.05, 0) is 4.48 Å². The number of hydrogen-bond donors (Lipinski definition) is 2. The summed E-state index contributed by atoms with van der Waals surface area (Å²) in [5, 5.41) is 7.01. The van der Waals surface area contributed by atoms with Crippen molar-refractivity contribution in [1.82, 2.24) is 15.2 Å². The highest BCUT2D eigenvalue weighted by atomic mass is 79.9. The maximum absolute atomic E-state index is 5.31. The standard InChI is InChI=1S/C5H7BrN4S/c1-3(6)2-11-5-8-4(7)9-10-5/h1-2H2,(H3,7,8,9,10). The van der Waals surface area contributed by atoms with Crippen LogP contribution in [0.3, 0.4) is 0 Å². The first-order valence-electron chi connectivity index (χ1n) is 2.82. The molecule has 1 heterocycles. The summed E-state index contributed by atoms with van der Waals surface area (Å²) in [5.74, 6) is 1.09. The molecular weight excluding hydrogens is 228 g/mol. The molecule has 0 saturated heterocycles. The lowest BCUT2D eigenvalue weighted by Gasteiger charge is -1.90. The van der Waals surface area contributed by atoms with E-state index in [0.717, 1.165) is 10.2 Å². The summed E-state index contributed by atoms with van der Waals surface area (Å²) in [7, 11) is 0. The number of nitrogen functional groups attached to an aromatic ring is 1. The molecule has 0 aromatic carbocycles. The maximum Gasteiger partial charge on any atom is 0.216 e. The molecule has 1 aromatic heterocycles. The van der Waals surface area contributed by atoms with Crippen molar-refractivity contribution >= 4 is 33.6 Å². The molecule has 0 bridgehead atoms. The van der Waals surface area contributed by atoms with E-state index in [1.807, 2.05) is 0 Å². The SMILES string of the molecule is C=C(Br)CSc1n[nH]c(N)n1. The van der Waals surface area contributed by atoms with E-state index in [9.17, 15) is 0 Å². The second-order valence-corrected chi connectivity index (χ2v) is 3.87. The quantitative estimate of drug-likeness (QED) is 0.777. The number of nitrogens with zero attached hydrogens (tertiary/aromatic N) is 2. The van der Waals surface area contributed by atoms with Crippen LogP contribution in [0.25, 0.3) is 0 Å². The van der Waals surface area contributed by atoms with E-state index < -0.39 is 0 Å². The van der Waals surface area contributed by atoms with Gasteiger partial charge < -0.3 is 5.73 Å². The van der Waals surface area contributed by atoms with Gasteiger partial charge >= 0.3 is 0 Å². The first-order valence-corrected chi connectivity index (χ1v) is 4.60. The van der Waals surface area contributed by atoms with Gasteiger partial charge in [0, 0.05) is 5.75 Å². The minimum Gasteiger partial charge on any atom is -0.368 e. The van der Waals surface area contributed by atoms with Crippen molar-refractivity contribution < 1.29 is 0 Å². The lowest BCUT2D eigenvalue weighted by molar-refractivity contribution is 0.975. The van der Waals surface area contributed by atoms with Crippen molar-refractivity contribution in [2.75, 3.05) is 11.5 Å². The average Bonchev–Trinajstić information content (AvgIpc) is 2.31. The van der Waals surface area contributed by atoms with Crippen LogP contribution >= 0.6 is 27.7 Å². The molecule has 0 radical (unpaired) electrons. The molecule has 6 heteroatoms. The van der Waals surface area contributed by atoms with Crippen molar-refractivity contribution in [2.45, 2.75) is 5.16 Å². The molecule has 0 unspecified atom stereocenters. The number of aromatic amines is 1. The van der Waals surface area contributed by atoms with Crippen molar-refractivity contribution in [3.8, 4) is 0 Å². The number of nitrogens with two attached hydrogens (primary N) is 1. The Labute approximate surface area is 76.8 Å². The Morgan fingerprint density at radius 3 is 3.00 bits per heavy atom. The normalized spacial score (nSPS) is 9.91. The summed E-state index contributed by atoms with van der Waals surface area (Å²) in [5.41, 5.74) is 5.31. The minimum absolute atomic E-state index is 0.340. The van der Waals surface area contributed by atoms with Gasteiger partial charge in [0.15, 0.2) is 0 Å². The van der Waals surface area contributed by atoms with Crippen molar-refractivity contribution in [3.63, 3.8) is 0 Å². The first kappa shape index (κ1) is 8.61. The molecular formula is C5H7BrN4S. The average molecular weight is 235 g/mol. The summed E-state index contributed by atoms with van der Waals surface area (Å²) in [4.78, 5) is 3.89. The van der Waals surface area contributed by atoms with Crippen LogP contribution in [-0.2, 0) is 0 Å². The number of hydrogen-bond acceptors (Lipinski definition) is 4. The minimum atomic E-state index is 0.340. The zero-order chi connectivity index (χ0) is 8.27. The molecule has 0 aliphatic carbocycles. The highest BCUT2D eigenvalue weighted by Gasteiger charge is 1.99. The topological polar surface area (TPSA) is 67.6 Å². The van der Waals surface area contributed by atoms with Gasteiger partial charge in [0.25, 0.3) is 0 Å². The number of H-pyrrole nitrogens is 1. The lowest BCUT2D eigenvalue weighted by atomic mass is 10.8. The Kier molecular flexibility index (Phi) is 2.95. The van der Waals surface area contributed by atoms with E-state index in [2.05, 4.69) is 37.7 Å². The molecule has 0 atom stereocenters. The van der Waals surface area contributed by atoms with Gasteiger partial charge in [-0.15, -0.1) is 5.10 Å². The summed E-state index contributed by atoms with van der Waals surface area (Å²) < 4.78 is 0.908. The molecule has 1 aromatic rings. The van der Waals surface area contributed by atoms with E-state index in [1.54, 1.807) is 0 Å². The van der Waals surface area contributed by atoms with Gasteiger partial charge in [-0.3, -0.25) is 0 Å². The number of rotatable bonds is 3. The summed E-state index contributed by atoms with van der Waals surface area (Å²) in [6.45, 7) is 3.68. The first-order chi connectivity index (χ1) is 5.18. The van der Waals surface area contributed by atoms with Crippen molar-refractivity contribution in [2.24, 2.45) is 0 Å². The Morgan fingerprint density at radius 2 is 2.55 bits per heavy atom. The second kappa shape index (κ2) is 3.77. The van der Waals surface area contributed by atoms with Gasteiger partial charge in [0.05, 0.1) is 0 Å². The third-order valence-electron chi connectivity index (χ3n) is 0.840. The third kappa shape index (κ3) is 2.94. The predicted molar refractivity (Wildman–Crippen MR) is 49.6 cm³/mol. The highest BCUT2D eigenvalue weighted by Crippen LogP contribution is 2.18. The van der Waals surface area contributed by atoms with Gasteiger partial charge in [0.1, 0.15) is 0 Å². The molecule has 3 N–H and O–H groups in total. The Morgan fingerprint density at radius 1 is 1.82 bits per heavy atom. The van der Waals surface area contributed by atoms with Gasteiger partial charge in [-0.25, -0.2) is 5.10 Å². The molecule has 0 aliphatic heterocycles. The molecule has 0 amide bonds. The number of thioether (sulfide) groups is 1. The molecule has 60 valence electrons. The Bertz CT molecular complexity index is 259. The molecule has 0 fully saturated rings. The fourth-order valence-electron chi connectivity index (χ4n) is 0.466. The molecule has 0 saturated carbocycles. The predicted octanol–water partition coefficient (Wildman–Crippen LogP) is 1.39. The molecule has 0 aliphatic rings. The Hall–Kier alpha value is -0.490. The number of aromatic nitrogens is 3. The van der Waals surface area contributed by atoms with Crippen LogP contribution in [0.2, 0.25) is 0 Å². The summed E-state index contributed by atoms with van der Waals surface area (Å²) >= 11 is 4.70. The number of nitrogens with one attached hydrogen (secondary N) is 1. The zero-order valence-electron chi connectivity index (χ0n) is 5.67. The monoisotopic (exact) mass is 234 g/mol. The zero-order valence-corrected chi connectivity index (χ0v) is 8.07. The maximum atomic E-state index is 5.31. The smallest absolute Gasteiger partial charge is 0.216 e. The van der Waals surface area contributed by atoms with Gasteiger partial charge in [-0.2, -0.15) is 4.98 Å². The molecule has 0 spiro atoms. The van der Waals surface area contributed by atoms with Crippen LogP contribution in [0.1, 0.15) is 0 Å². The second-order valence-electron chi connectivity index (χ2n) is 1.81. The number of halogens is 1.